The second kappa shape index (κ2) is 6.42. The average Bonchev–Trinajstić information content (AvgIpc) is 2.98. The van der Waals surface area contributed by atoms with Crippen LogP contribution in [0, 0.1) is 22.5 Å². The van der Waals surface area contributed by atoms with E-state index in [0.717, 1.165) is 48.5 Å². The number of carboxylic acid groups (broad SMARTS) is 1. The van der Waals surface area contributed by atoms with E-state index in [1.165, 1.54) is 23.9 Å². The van der Waals surface area contributed by atoms with Crippen LogP contribution in [0.25, 0.3) is 5.69 Å². The normalized spacial score (nSPS) is 31.9. The van der Waals surface area contributed by atoms with E-state index in [1.807, 2.05) is 28.8 Å². The molecule has 1 unspecified atom stereocenters. The van der Waals surface area contributed by atoms with Crippen LogP contribution in [0.2, 0.25) is 5.02 Å². The van der Waals surface area contributed by atoms with Crippen molar-refractivity contribution in [1.82, 2.24) is 14.3 Å². The van der Waals surface area contributed by atoms with Gasteiger partial charge in [-0.3, -0.25) is 4.57 Å². The maximum atomic E-state index is 11.7. The minimum atomic E-state index is -0.922. The fourth-order valence-electron chi connectivity index (χ4n) is 6.29. The van der Waals surface area contributed by atoms with Crippen LogP contribution < -0.4 is 0 Å². The molecule has 4 aliphatic carbocycles. The second-order valence-electron chi connectivity index (χ2n) is 9.07. The SMILES string of the molecule is CC(C(=O)O)n1nc(C23CC4CC(CC(C4)C2)C3)n(-c2ccc(Cl)cc2)c1=S. The molecule has 0 radical (unpaired) electrons. The number of hydrogen-bond donors (Lipinski definition) is 1. The molecule has 4 fully saturated rings. The Kier molecular flexibility index (Phi) is 4.22. The first-order valence-corrected chi connectivity index (χ1v) is 10.9. The van der Waals surface area contributed by atoms with Crippen molar-refractivity contribution in [2.24, 2.45) is 17.8 Å². The first kappa shape index (κ1) is 18.4. The molecule has 2 aromatic rings. The summed E-state index contributed by atoms with van der Waals surface area (Å²) in [7, 11) is 0. The van der Waals surface area contributed by atoms with Gasteiger partial charge in [-0.15, -0.1) is 0 Å². The van der Waals surface area contributed by atoms with Gasteiger partial charge in [0.25, 0.3) is 0 Å². The molecule has 28 heavy (non-hydrogen) atoms. The van der Waals surface area contributed by atoms with Crippen LogP contribution in [-0.4, -0.2) is 25.4 Å². The lowest BCUT2D eigenvalue weighted by atomic mass is 9.49. The highest BCUT2D eigenvalue weighted by atomic mass is 35.5. The Morgan fingerprint density at radius 3 is 2.21 bits per heavy atom. The summed E-state index contributed by atoms with van der Waals surface area (Å²) in [6.45, 7) is 1.64. The summed E-state index contributed by atoms with van der Waals surface area (Å²) in [6.07, 6.45) is 7.44. The smallest absolute Gasteiger partial charge is 0.328 e. The molecule has 6 rings (SSSR count). The van der Waals surface area contributed by atoms with E-state index in [-0.39, 0.29) is 5.41 Å². The molecule has 5 nitrogen and oxygen atoms in total. The van der Waals surface area contributed by atoms with Crippen molar-refractivity contribution in [1.29, 1.82) is 0 Å². The zero-order valence-corrected chi connectivity index (χ0v) is 17.4. The standard InChI is InChI=1S/C21H24ClN3O2S/c1-12(18(26)27)25-20(28)24(17-4-2-16(22)3-5-17)19(23-25)21-9-13-6-14(10-21)8-15(7-13)11-21/h2-5,12-15H,6-11H2,1H3,(H,26,27). The third kappa shape index (κ3) is 2.76. The number of aromatic nitrogens is 3. The van der Waals surface area contributed by atoms with Gasteiger partial charge < -0.3 is 5.11 Å². The number of rotatable bonds is 4. The Hall–Kier alpha value is -1.66. The molecule has 148 valence electrons. The van der Waals surface area contributed by atoms with Crippen LogP contribution in [0.15, 0.2) is 24.3 Å². The summed E-state index contributed by atoms with van der Waals surface area (Å²) in [5.74, 6) is 2.32. The second-order valence-corrected chi connectivity index (χ2v) is 9.88. The van der Waals surface area contributed by atoms with Crippen LogP contribution in [0.1, 0.15) is 57.3 Å². The minimum absolute atomic E-state index is 0.00538. The molecule has 0 amide bonds. The van der Waals surface area contributed by atoms with Gasteiger partial charge in [-0.2, -0.15) is 5.10 Å². The summed E-state index contributed by atoms with van der Waals surface area (Å²) in [4.78, 5) is 11.7. The van der Waals surface area contributed by atoms with Gasteiger partial charge in [-0.05, 0) is 99.7 Å². The van der Waals surface area contributed by atoms with Gasteiger partial charge in [-0.1, -0.05) is 11.6 Å². The van der Waals surface area contributed by atoms with Crippen molar-refractivity contribution in [2.45, 2.75) is 56.9 Å². The summed E-state index contributed by atoms with van der Waals surface area (Å²) >= 11 is 11.8. The summed E-state index contributed by atoms with van der Waals surface area (Å²) in [5.41, 5.74) is 0.912. The van der Waals surface area contributed by atoms with Crippen LogP contribution in [0.3, 0.4) is 0 Å². The lowest BCUT2D eigenvalue weighted by Crippen LogP contribution is -2.49. The number of benzene rings is 1. The molecule has 4 aliphatic rings. The fourth-order valence-corrected chi connectivity index (χ4v) is 6.81. The van der Waals surface area contributed by atoms with Crippen molar-refractivity contribution in [3.05, 3.63) is 39.9 Å². The molecule has 0 saturated heterocycles. The number of carboxylic acids is 1. The zero-order valence-electron chi connectivity index (χ0n) is 15.8. The predicted molar refractivity (Wildman–Crippen MR) is 110 cm³/mol. The van der Waals surface area contributed by atoms with Gasteiger partial charge in [0.1, 0.15) is 11.9 Å². The molecule has 4 saturated carbocycles. The van der Waals surface area contributed by atoms with E-state index < -0.39 is 12.0 Å². The highest BCUT2D eigenvalue weighted by molar-refractivity contribution is 7.71. The molecule has 1 aromatic heterocycles. The highest BCUT2D eigenvalue weighted by Gasteiger charge is 2.54. The van der Waals surface area contributed by atoms with Crippen LogP contribution in [0.5, 0.6) is 0 Å². The van der Waals surface area contributed by atoms with Crippen molar-refractivity contribution >= 4 is 29.8 Å². The van der Waals surface area contributed by atoms with Gasteiger partial charge in [0.15, 0.2) is 0 Å². The van der Waals surface area contributed by atoms with E-state index in [4.69, 9.17) is 28.9 Å². The molecule has 1 atom stereocenters. The minimum Gasteiger partial charge on any atom is -0.480 e. The van der Waals surface area contributed by atoms with E-state index in [2.05, 4.69) is 0 Å². The topological polar surface area (TPSA) is 60.0 Å². The fraction of sp³-hybridized carbons (Fsp3) is 0.571. The van der Waals surface area contributed by atoms with Crippen molar-refractivity contribution in [3.8, 4) is 5.69 Å². The van der Waals surface area contributed by atoms with E-state index in [1.54, 1.807) is 6.92 Å². The number of halogens is 1. The largest absolute Gasteiger partial charge is 0.480 e. The number of aliphatic carboxylic acids is 1. The molecule has 4 bridgehead atoms. The molecule has 0 aliphatic heterocycles. The molecule has 7 heteroatoms. The molecule has 0 spiro atoms. The average molecular weight is 418 g/mol. The Morgan fingerprint density at radius 1 is 1.18 bits per heavy atom. The third-order valence-electron chi connectivity index (χ3n) is 7.12. The van der Waals surface area contributed by atoms with E-state index >= 15 is 0 Å². The predicted octanol–water partition coefficient (Wildman–Crippen LogP) is 5.17. The summed E-state index contributed by atoms with van der Waals surface area (Å²) in [5, 5.41) is 15.1. The summed E-state index contributed by atoms with van der Waals surface area (Å²) < 4.78 is 3.97. The molecular formula is C21H24ClN3O2S. The Balaban J connectivity index is 1.70. The Labute approximate surface area is 174 Å². The molecule has 1 aromatic carbocycles. The lowest BCUT2D eigenvalue weighted by molar-refractivity contribution is -0.140. The van der Waals surface area contributed by atoms with E-state index in [0.29, 0.717) is 9.79 Å². The molecule has 1 N–H and O–H groups in total. The number of carbonyl (C=O) groups is 1. The van der Waals surface area contributed by atoms with Gasteiger partial charge in [0.05, 0.1) is 0 Å². The number of nitrogens with zero attached hydrogens (tertiary/aromatic N) is 3. The van der Waals surface area contributed by atoms with Crippen LogP contribution >= 0.6 is 23.8 Å². The Bertz CT molecular complexity index is 959. The van der Waals surface area contributed by atoms with Crippen molar-refractivity contribution < 1.29 is 9.90 Å². The molecule has 1 heterocycles. The Morgan fingerprint density at radius 2 is 1.71 bits per heavy atom. The van der Waals surface area contributed by atoms with Gasteiger partial charge in [-0.25, -0.2) is 9.48 Å². The van der Waals surface area contributed by atoms with Gasteiger partial charge in [0.2, 0.25) is 4.77 Å². The number of hydrogen-bond acceptors (Lipinski definition) is 3. The summed E-state index contributed by atoms with van der Waals surface area (Å²) in [6, 6.07) is 6.79. The third-order valence-corrected chi connectivity index (χ3v) is 7.74. The maximum Gasteiger partial charge on any atom is 0.328 e. The maximum absolute atomic E-state index is 11.7. The highest BCUT2D eigenvalue weighted by Crippen LogP contribution is 2.60. The first-order chi connectivity index (χ1) is 13.4. The van der Waals surface area contributed by atoms with Crippen molar-refractivity contribution in [2.75, 3.05) is 0 Å². The molecular weight excluding hydrogens is 394 g/mol. The van der Waals surface area contributed by atoms with Crippen LogP contribution in [0.4, 0.5) is 0 Å². The quantitative estimate of drug-likeness (QED) is 0.697. The zero-order chi connectivity index (χ0) is 19.6. The first-order valence-electron chi connectivity index (χ1n) is 10.1. The lowest BCUT2D eigenvalue weighted by Gasteiger charge is -2.56. The van der Waals surface area contributed by atoms with Crippen molar-refractivity contribution in [3.63, 3.8) is 0 Å². The van der Waals surface area contributed by atoms with Crippen LogP contribution in [-0.2, 0) is 10.2 Å². The van der Waals surface area contributed by atoms with Gasteiger partial charge in [0, 0.05) is 16.1 Å². The monoisotopic (exact) mass is 417 g/mol. The van der Waals surface area contributed by atoms with E-state index in [9.17, 15) is 9.90 Å². The van der Waals surface area contributed by atoms with Gasteiger partial charge >= 0.3 is 5.97 Å².